The molecule has 4 heteroatoms. The van der Waals surface area contributed by atoms with Crippen molar-refractivity contribution in [1.82, 2.24) is 9.78 Å². The summed E-state index contributed by atoms with van der Waals surface area (Å²) in [6.45, 7) is 1.99. The Bertz CT molecular complexity index is 534. The van der Waals surface area contributed by atoms with Crippen LogP contribution in [-0.4, -0.2) is 15.7 Å². The first kappa shape index (κ1) is 13.4. The van der Waals surface area contributed by atoms with Crippen LogP contribution in [-0.2, 0) is 13.5 Å². The van der Waals surface area contributed by atoms with Crippen LogP contribution in [0.5, 0.6) is 0 Å². The van der Waals surface area contributed by atoms with E-state index in [1.165, 1.54) is 5.69 Å². The van der Waals surface area contributed by atoms with Gasteiger partial charge in [-0.2, -0.15) is 5.10 Å². The van der Waals surface area contributed by atoms with Gasteiger partial charge >= 0.3 is 0 Å². The Balaban J connectivity index is 2.25. The van der Waals surface area contributed by atoms with Gasteiger partial charge in [0.2, 0.25) is 0 Å². The van der Waals surface area contributed by atoms with Crippen molar-refractivity contribution in [3.8, 4) is 0 Å². The summed E-state index contributed by atoms with van der Waals surface area (Å²) in [5, 5.41) is 5.13. The predicted molar refractivity (Wildman–Crippen MR) is 76.6 cm³/mol. The summed E-state index contributed by atoms with van der Waals surface area (Å²) in [7, 11) is 1.96. The highest BCUT2D eigenvalue weighted by atomic mass is 35.5. The molecule has 1 aromatic carbocycles. The van der Waals surface area contributed by atoms with Crippen LogP contribution >= 0.6 is 23.2 Å². The lowest BCUT2D eigenvalue weighted by atomic mass is 9.96. The number of halogens is 2. The number of alkyl halides is 1. The molecule has 1 atom stereocenters. The Morgan fingerprint density at radius 3 is 2.61 bits per heavy atom. The number of aromatic nitrogens is 2. The predicted octanol–water partition coefficient (Wildman–Crippen LogP) is 3.95. The van der Waals surface area contributed by atoms with Crippen molar-refractivity contribution in [1.29, 1.82) is 0 Å². The summed E-state index contributed by atoms with van der Waals surface area (Å²) in [6, 6.07) is 9.97. The zero-order chi connectivity index (χ0) is 13.1. The zero-order valence-electron chi connectivity index (χ0n) is 10.5. The Morgan fingerprint density at radius 2 is 2.06 bits per heavy atom. The molecule has 96 valence electrons. The van der Waals surface area contributed by atoms with E-state index in [4.69, 9.17) is 23.2 Å². The van der Waals surface area contributed by atoms with Crippen LogP contribution < -0.4 is 0 Å². The van der Waals surface area contributed by atoms with Gasteiger partial charge < -0.3 is 0 Å². The molecule has 0 aliphatic carbocycles. The lowest BCUT2D eigenvalue weighted by Gasteiger charge is -2.15. The Labute approximate surface area is 118 Å². The van der Waals surface area contributed by atoms with Gasteiger partial charge in [-0.1, -0.05) is 29.8 Å². The van der Waals surface area contributed by atoms with Crippen LogP contribution in [0.3, 0.4) is 0 Å². The van der Waals surface area contributed by atoms with Crippen molar-refractivity contribution < 1.29 is 0 Å². The fourth-order valence-corrected chi connectivity index (χ4v) is 2.73. The van der Waals surface area contributed by atoms with E-state index in [-0.39, 0.29) is 5.92 Å². The first-order valence-electron chi connectivity index (χ1n) is 5.91. The van der Waals surface area contributed by atoms with Crippen molar-refractivity contribution >= 4 is 23.2 Å². The average Bonchev–Trinajstić information content (AvgIpc) is 2.66. The summed E-state index contributed by atoms with van der Waals surface area (Å²) >= 11 is 12.3. The SMILES string of the molecule is Cc1cc(CC(CCl)c2ccccc2Cl)n(C)n1. The number of nitrogens with zero attached hydrogens (tertiary/aromatic N) is 2. The lowest BCUT2D eigenvalue weighted by Crippen LogP contribution is -2.09. The van der Waals surface area contributed by atoms with Gasteiger partial charge in [0.25, 0.3) is 0 Å². The molecule has 1 unspecified atom stereocenters. The molecule has 0 N–H and O–H groups in total. The van der Waals surface area contributed by atoms with E-state index in [1.54, 1.807) is 0 Å². The molecule has 0 radical (unpaired) electrons. The highest BCUT2D eigenvalue weighted by molar-refractivity contribution is 6.31. The van der Waals surface area contributed by atoms with Gasteiger partial charge in [0, 0.05) is 29.6 Å². The molecular formula is C14H16Cl2N2. The van der Waals surface area contributed by atoms with Crippen LogP contribution in [0.4, 0.5) is 0 Å². The molecule has 0 saturated heterocycles. The van der Waals surface area contributed by atoms with Gasteiger partial charge in [0.1, 0.15) is 0 Å². The quantitative estimate of drug-likeness (QED) is 0.777. The summed E-state index contributed by atoms with van der Waals surface area (Å²) in [6.07, 6.45) is 0.852. The second-order valence-electron chi connectivity index (χ2n) is 4.48. The molecule has 0 amide bonds. The molecule has 0 bridgehead atoms. The van der Waals surface area contributed by atoms with Crippen molar-refractivity contribution in [3.63, 3.8) is 0 Å². The first-order chi connectivity index (χ1) is 8.61. The molecule has 18 heavy (non-hydrogen) atoms. The monoisotopic (exact) mass is 282 g/mol. The summed E-state index contributed by atoms with van der Waals surface area (Å²) < 4.78 is 1.91. The zero-order valence-corrected chi connectivity index (χ0v) is 12.0. The summed E-state index contributed by atoms with van der Waals surface area (Å²) in [5.41, 5.74) is 3.31. The van der Waals surface area contributed by atoms with Crippen LogP contribution in [0, 0.1) is 6.92 Å². The Hall–Kier alpha value is -0.990. The Kier molecular flexibility index (Phi) is 4.31. The van der Waals surface area contributed by atoms with E-state index in [2.05, 4.69) is 11.2 Å². The summed E-state index contributed by atoms with van der Waals surface area (Å²) in [4.78, 5) is 0. The third-order valence-electron chi connectivity index (χ3n) is 3.09. The molecule has 1 heterocycles. The van der Waals surface area contributed by atoms with Gasteiger partial charge in [0.05, 0.1) is 5.69 Å². The Morgan fingerprint density at radius 1 is 1.33 bits per heavy atom. The normalized spacial score (nSPS) is 12.7. The minimum absolute atomic E-state index is 0.218. The lowest BCUT2D eigenvalue weighted by molar-refractivity contribution is 0.657. The van der Waals surface area contributed by atoms with Crippen LogP contribution in [0.2, 0.25) is 5.02 Å². The fourth-order valence-electron chi connectivity index (χ4n) is 2.16. The average molecular weight is 283 g/mol. The largest absolute Gasteiger partial charge is 0.272 e. The van der Waals surface area contributed by atoms with E-state index >= 15 is 0 Å². The smallest absolute Gasteiger partial charge is 0.0596 e. The molecule has 2 aromatic rings. The third kappa shape index (κ3) is 2.88. The highest BCUT2D eigenvalue weighted by Gasteiger charge is 2.16. The van der Waals surface area contributed by atoms with Gasteiger partial charge in [-0.15, -0.1) is 11.6 Å². The van der Waals surface area contributed by atoms with E-state index < -0.39 is 0 Å². The van der Waals surface area contributed by atoms with E-state index in [0.29, 0.717) is 5.88 Å². The van der Waals surface area contributed by atoms with Gasteiger partial charge in [-0.3, -0.25) is 4.68 Å². The fraction of sp³-hybridized carbons (Fsp3) is 0.357. The van der Waals surface area contributed by atoms with E-state index in [9.17, 15) is 0 Å². The summed E-state index contributed by atoms with van der Waals surface area (Å²) in [5.74, 6) is 0.767. The maximum atomic E-state index is 6.23. The number of rotatable bonds is 4. The molecular weight excluding hydrogens is 267 g/mol. The second kappa shape index (κ2) is 5.77. The molecule has 2 rings (SSSR count). The van der Waals surface area contributed by atoms with Crippen molar-refractivity contribution in [2.75, 3.05) is 5.88 Å². The molecule has 0 saturated carbocycles. The van der Waals surface area contributed by atoms with Gasteiger partial charge in [-0.25, -0.2) is 0 Å². The minimum atomic E-state index is 0.218. The standard InChI is InChI=1S/C14H16Cl2N2/c1-10-7-12(18(2)17-10)8-11(9-15)13-5-3-4-6-14(13)16/h3-7,11H,8-9H2,1-2H3. The highest BCUT2D eigenvalue weighted by Crippen LogP contribution is 2.28. The molecule has 0 aliphatic heterocycles. The van der Waals surface area contributed by atoms with Crippen LogP contribution in [0.25, 0.3) is 0 Å². The number of aryl methyl sites for hydroxylation is 2. The molecule has 0 aliphatic rings. The maximum absolute atomic E-state index is 6.23. The molecule has 2 nitrogen and oxygen atoms in total. The molecule has 1 aromatic heterocycles. The second-order valence-corrected chi connectivity index (χ2v) is 5.19. The number of hydrogen-bond acceptors (Lipinski definition) is 1. The van der Waals surface area contributed by atoms with Crippen molar-refractivity contribution in [2.45, 2.75) is 19.3 Å². The van der Waals surface area contributed by atoms with Crippen molar-refractivity contribution in [2.24, 2.45) is 7.05 Å². The molecule has 0 fully saturated rings. The first-order valence-corrected chi connectivity index (χ1v) is 6.83. The minimum Gasteiger partial charge on any atom is -0.272 e. The topological polar surface area (TPSA) is 17.8 Å². The number of hydrogen-bond donors (Lipinski definition) is 0. The molecule has 0 spiro atoms. The van der Waals surface area contributed by atoms with E-state index in [1.807, 2.05) is 42.9 Å². The van der Waals surface area contributed by atoms with Crippen molar-refractivity contribution in [3.05, 3.63) is 52.3 Å². The van der Waals surface area contributed by atoms with Gasteiger partial charge in [-0.05, 0) is 31.0 Å². The van der Waals surface area contributed by atoms with Crippen LogP contribution in [0.1, 0.15) is 22.9 Å². The van der Waals surface area contributed by atoms with E-state index in [0.717, 1.165) is 22.7 Å². The maximum Gasteiger partial charge on any atom is 0.0596 e. The number of benzene rings is 1. The van der Waals surface area contributed by atoms with Crippen LogP contribution in [0.15, 0.2) is 30.3 Å². The van der Waals surface area contributed by atoms with Gasteiger partial charge in [0.15, 0.2) is 0 Å². The third-order valence-corrected chi connectivity index (χ3v) is 3.80.